The van der Waals surface area contributed by atoms with Crippen LogP contribution in [0.4, 0.5) is 0 Å². The normalized spacial score (nSPS) is 23.3. The quantitative estimate of drug-likeness (QED) is 0.706. The Morgan fingerprint density at radius 1 is 1.10 bits per heavy atom. The van der Waals surface area contributed by atoms with E-state index in [2.05, 4.69) is 11.0 Å². The summed E-state index contributed by atoms with van der Waals surface area (Å²) in [6.45, 7) is 6.58. The fraction of sp³-hybridized carbons (Fsp3) is 0.650. The summed E-state index contributed by atoms with van der Waals surface area (Å²) >= 11 is 0. The van der Waals surface area contributed by atoms with Crippen molar-refractivity contribution in [2.75, 3.05) is 51.8 Å². The van der Waals surface area contributed by atoms with Gasteiger partial charge in [-0.3, -0.25) is 9.69 Å². The van der Waals surface area contributed by atoms with Crippen molar-refractivity contribution >= 4 is 15.9 Å². The fourth-order valence-corrected chi connectivity index (χ4v) is 5.44. The summed E-state index contributed by atoms with van der Waals surface area (Å²) in [5.41, 5.74) is 1.17. The summed E-state index contributed by atoms with van der Waals surface area (Å²) in [4.78, 5) is 17.2. The van der Waals surface area contributed by atoms with Crippen molar-refractivity contribution < 1.29 is 22.7 Å². The van der Waals surface area contributed by atoms with Crippen LogP contribution in [0.25, 0.3) is 0 Å². The van der Waals surface area contributed by atoms with Gasteiger partial charge in [0.1, 0.15) is 0 Å². The first-order valence-corrected chi connectivity index (χ1v) is 11.9. The fourth-order valence-electron chi connectivity index (χ4n) is 4.26. The molecule has 0 aliphatic carbocycles. The SMILES string of the molecule is CCS(=O)(=O)N1CCC[C@H](C(=O)N2CCN(Cc3ccc4c(c3)OCO4)CC2)C1. The van der Waals surface area contributed by atoms with E-state index in [4.69, 9.17) is 9.47 Å². The number of carbonyl (C=O) groups is 1. The number of piperidine rings is 1. The molecule has 4 rings (SSSR count). The lowest BCUT2D eigenvalue weighted by Crippen LogP contribution is -2.52. The molecule has 0 bridgehead atoms. The Kier molecular flexibility index (Phi) is 5.98. The van der Waals surface area contributed by atoms with Gasteiger partial charge in [0, 0.05) is 45.8 Å². The maximum atomic E-state index is 13.0. The third-order valence-electron chi connectivity index (χ3n) is 6.02. The van der Waals surface area contributed by atoms with E-state index in [0.29, 0.717) is 26.2 Å². The third kappa shape index (κ3) is 4.51. The van der Waals surface area contributed by atoms with Crippen molar-refractivity contribution in [1.29, 1.82) is 0 Å². The molecule has 3 heterocycles. The van der Waals surface area contributed by atoms with Gasteiger partial charge < -0.3 is 14.4 Å². The van der Waals surface area contributed by atoms with Gasteiger partial charge in [0.25, 0.3) is 0 Å². The lowest BCUT2D eigenvalue weighted by atomic mass is 9.97. The van der Waals surface area contributed by atoms with Gasteiger partial charge in [-0.25, -0.2) is 12.7 Å². The van der Waals surface area contributed by atoms with Crippen LogP contribution < -0.4 is 9.47 Å². The summed E-state index contributed by atoms with van der Waals surface area (Å²) < 4.78 is 36.6. The molecular formula is C20H29N3O5S. The van der Waals surface area contributed by atoms with Crippen LogP contribution in [0.15, 0.2) is 18.2 Å². The first-order chi connectivity index (χ1) is 14.0. The average Bonchev–Trinajstić information content (AvgIpc) is 3.22. The van der Waals surface area contributed by atoms with Gasteiger partial charge in [-0.1, -0.05) is 6.07 Å². The minimum Gasteiger partial charge on any atom is -0.454 e. The molecule has 1 aromatic carbocycles. The standard InChI is InChI=1S/C20H29N3O5S/c1-2-29(25,26)23-7-3-4-17(14-23)20(24)22-10-8-21(9-11-22)13-16-5-6-18-19(12-16)28-15-27-18/h5-6,12,17H,2-4,7-11,13-15H2,1H3/t17-/m0/s1. The zero-order valence-electron chi connectivity index (χ0n) is 16.9. The zero-order chi connectivity index (χ0) is 20.4. The minimum atomic E-state index is -3.23. The summed E-state index contributed by atoms with van der Waals surface area (Å²) in [6, 6.07) is 6.01. The van der Waals surface area contributed by atoms with Crippen molar-refractivity contribution in [3.8, 4) is 11.5 Å². The number of ether oxygens (including phenoxy) is 2. The number of hydrogen-bond donors (Lipinski definition) is 0. The Balaban J connectivity index is 1.29. The molecule has 0 saturated carbocycles. The molecule has 8 nitrogen and oxygen atoms in total. The van der Waals surface area contributed by atoms with E-state index in [1.807, 2.05) is 17.0 Å². The third-order valence-corrected chi connectivity index (χ3v) is 7.87. The maximum absolute atomic E-state index is 13.0. The molecule has 3 aliphatic rings. The van der Waals surface area contributed by atoms with Crippen LogP contribution in [0.3, 0.4) is 0 Å². The number of piperazine rings is 1. The number of nitrogens with zero attached hydrogens (tertiary/aromatic N) is 3. The smallest absolute Gasteiger partial charge is 0.231 e. The second kappa shape index (κ2) is 8.49. The minimum absolute atomic E-state index is 0.0897. The van der Waals surface area contributed by atoms with E-state index in [-0.39, 0.29) is 24.4 Å². The molecule has 0 N–H and O–H groups in total. The van der Waals surface area contributed by atoms with Crippen LogP contribution in [0.1, 0.15) is 25.3 Å². The number of fused-ring (bicyclic) bond motifs is 1. The van der Waals surface area contributed by atoms with Gasteiger partial charge in [0.05, 0.1) is 11.7 Å². The molecule has 1 amide bonds. The van der Waals surface area contributed by atoms with E-state index in [1.165, 1.54) is 9.87 Å². The van der Waals surface area contributed by atoms with Crippen molar-refractivity contribution in [3.63, 3.8) is 0 Å². The van der Waals surface area contributed by atoms with Crippen molar-refractivity contribution in [2.24, 2.45) is 5.92 Å². The van der Waals surface area contributed by atoms with E-state index in [0.717, 1.165) is 44.0 Å². The summed E-state index contributed by atoms with van der Waals surface area (Å²) in [7, 11) is -3.23. The van der Waals surface area contributed by atoms with Crippen molar-refractivity contribution in [1.82, 2.24) is 14.1 Å². The zero-order valence-corrected chi connectivity index (χ0v) is 17.7. The molecule has 0 unspecified atom stereocenters. The monoisotopic (exact) mass is 423 g/mol. The molecule has 1 aromatic rings. The summed E-state index contributed by atoms with van der Waals surface area (Å²) in [5, 5.41) is 0. The Labute approximate surface area is 172 Å². The first-order valence-electron chi connectivity index (χ1n) is 10.3. The second-order valence-corrected chi connectivity index (χ2v) is 10.1. The molecular weight excluding hydrogens is 394 g/mol. The van der Waals surface area contributed by atoms with E-state index >= 15 is 0 Å². The number of benzene rings is 1. The highest BCUT2D eigenvalue weighted by atomic mass is 32.2. The number of hydrogen-bond acceptors (Lipinski definition) is 6. The van der Waals surface area contributed by atoms with Crippen molar-refractivity contribution in [2.45, 2.75) is 26.3 Å². The Hall–Kier alpha value is -1.84. The predicted molar refractivity (Wildman–Crippen MR) is 108 cm³/mol. The largest absolute Gasteiger partial charge is 0.454 e. The van der Waals surface area contributed by atoms with Gasteiger partial charge in [-0.2, -0.15) is 0 Å². The highest BCUT2D eigenvalue weighted by Crippen LogP contribution is 2.33. The second-order valence-electron chi connectivity index (χ2n) is 7.89. The molecule has 2 saturated heterocycles. The summed E-state index contributed by atoms with van der Waals surface area (Å²) in [5.74, 6) is 1.55. The number of sulfonamides is 1. The topological polar surface area (TPSA) is 79.4 Å². The van der Waals surface area contributed by atoms with Gasteiger partial charge in [-0.05, 0) is 37.5 Å². The summed E-state index contributed by atoms with van der Waals surface area (Å²) in [6.07, 6.45) is 1.52. The molecule has 2 fully saturated rings. The highest BCUT2D eigenvalue weighted by Gasteiger charge is 2.34. The predicted octanol–water partition coefficient (Wildman–Crippen LogP) is 1.12. The molecule has 9 heteroatoms. The van der Waals surface area contributed by atoms with E-state index in [9.17, 15) is 13.2 Å². The molecule has 3 aliphatic heterocycles. The van der Waals surface area contributed by atoms with Crippen molar-refractivity contribution in [3.05, 3.63) is 23.8 Å². The number of amides is 1. The van der Waals surface area contributed by atoms with Gasteiger partial charge in [0.15, 0.2) is 11.5 Å². The van der Waals surface area contributed by atoms with E-state index < -0.39 is 10.0 Å². The van der Waals surface area contributed by atoms with Crippen LogP contribution in [0, 0.1) is 5.92 Å². The number of rotatable bonds is 5. The van der Waals surface area contributed by atoms with Gasteiger partial charge in [0.2, 0.25) is 22.7 Å². The van der Waals surface area contributed by atoms with E-state index in [1.54, 1.807) is 6.92 Å². The lowest BCUT2D eigenvalue weighted by molar-refractivity contribution is -0.138. The Morgan fingerprint density at radius 3 is 2.62 bits per heavy atom. The Morgan fingerprint density at radius 2 is 1.86 bits per heavy atom. The number of carbonyl (C=O) groups excluding carboxylic acids is 1. The van der Waals surface area contributed by atoms with Gasteiger partial charge >= 0.3 is 0 Å². The Bertz CT molecular complexity index is 852. The molecule has 0 spiro atoms. The van der Waals surface area contributed by atoms with Crippen LogP contribution in [0.5, 0.6) is 11.5 Å². The molecule has 1 atom stereocenters. The molecule has 160 valence electrons. The van der Waals surface area contributed by atoms with Gasteiger partial charge in [-0.15, -0.1) is 0 Å². The van der Waals surface area contributed by atoms with Crippen LogP contribution in [-0.4, -0.2) is 80.2 Å². The first kappa shape index (κ1) is 20.4. The lowest BCUT2D eigenvalue weighted by Gasteiger charge is -2.38. The average molecular weight is 424 g/mol. The van der Waals surface area contributed by atoms with Crippen LogP contribution in [-0.2, 0) is 21.4 Å². The van der Waals surface area contributed by atoms with Crippen LogP contribution >= 0.6 is 0 Å². The molecule has 0 aromatic heterocycles. The maximum Gasteiger partial charge on any atom is 0.231 e. The molecule has 29 heavy (non-hydrogen) atoms. The van der Waals surface area contributed by atoms with Crippen LogP contribution in [0.2, 0.25) is 0 Å². The highest BCUT2D eigenvalue weighted by molar-refractivity contribution is 7.89. The molecule has 0 radical (unpaired) electrons.